The van der Waals surface area contributed by atoms with E-state index in [4.69, 9.17) is 15.4 Å². The van der Waals surface area contributed by atoms with Gasteiger partial charge in [-0.25, -0.2) is 9.36 Å². The van der Waals surface area contributed by atoms with Crippen molar-refractivity contribution in [1.82, 2.24) is 31.9 Å². The molecule has 1 aliphatic carbocycles. The lowest BCUT2D eigenvalue weighted by Crippen LogP contribution is -2.51. The van der Waals surface area contributed by atoms with Gasteiger partial charge in [-0.1, -0.05) is 5.92 Å². The van der Waals surface area contributed by atoms with Crippen molar-refractivity contribution in [3.8, 4) is 40.5 Å². The number of phenols is 1. The SMILES string of the molecule is C#CCNC(=O)C(CCCCNC(=O)C(O)C(O)C(=O)NCNC(=O)c1ccc(C(=O)O)c(-c2c3ccc(=O)cc-3oc3cc(O)ccc23)c1)NC(=O)CCSP(=O)(O)OCCNC(=O)c1ccc(NNc2ccc(N(C)C)cc2)cc1. The smallest absolute Gasteiger partial charge is 0.386 e. The molecule has 0 spiro atoms. The Balaban J connectivity index is 0.886. The first-order valence-corrected chi connectivity index (χ1v) is 28.4. The van der Waals surface area contributed by atoms with E-state index in [1.165, 1.54) is 54.6 Å². The number of carboxylic acids is 1. The number of fused-ring (bicyclic) bond motifs is 2. The minimum absolute atomic E-state index is 0.0401. The number of amides is 6. The van der Waals surface area contributed by atoms with E-state index >= 15 is 0 Å². The highest BCUT2D eigenvalue weighted by Gasteiger charge is 2.31. The van der Waals surface area contributed by atoms with Gasteiger partial charge in [-0.3, -0.25) is 38.1 Å². The summed E-state index contributed by atoms with van der Waals surface area (Å²) < 4.78 is 23.6. The zero-order chi connectivity index (χ0) is 59.5. The monoisotopic (exact) mass is 1170 g/mol. The van der Waals surface area contributed by atoms with Gasteiger partial charge in [-0.2, -0.15) is 0 Å². The van der Waals surface area contributed by atoms with Crippen LogP contribution in [-0.2, 0) is 28.3 Å². The molecule has 0 fully saturated rings. The van der Waals surface area contributed by atoms with Gasteiger partial charge in [-0.05, 0) is 127 Å². The fraction of sp³-hybridized carbons (Fsp3) is 0.273. The standard InChI is InChI=1S/C55H60N9O16PS/c1-4-23-56-52(72)43(61-46(67)22-27-82-81(77,78)79-26-25-58-50(70)32-8-11-34(12-9-32)62-63-35-13-15-36(16-14-35)64(2)3)7-5-6-24-57-53(73)48(68)49(69)54(74)60-31-59-51(71)33-10-19-39(55(75)76)42(28-33)47-40-20-17-37(65)29-44(40)80-45-30-38(66)18-21-41(45)47/h1,8-21,28-30,43,48-49,62-63,65,68-69H,5-7,22-27,31H2,2-3H3,(H,56,72)(H,57,73)(H,58,70)(H,59,71)(H,60,74)(H,61,67)(H,75,76)(H,77,78). The van der Waals surface area contributed by atoms with Gasteiger partial charge in [0.15, 0.2) is 17.6 Å². The number of hydrogen-bond acceptors (Lipinski definition) is 18. The molecule has 4 aromatic rings. The van der Waals surface area contributed by atoms with E-state index in [1.807, 2.05) is 43.3 Å². The maximum Gasteiger partial charge on any atom is 0.386 e. The van der Waals surface area contributed by atoms with Crippen LogP contribution in [-0.4, -0.2) is 138 Å². The van der Waals surface area contributed by atoms with Crippen molar-refractivity contribution in [2.75, 3.05) is 68.5 Å². The second-order valence-electron chi connectivity index (χ2n) is 18.2. The molecule has 82 heavy (non-hydrogen) atoms. The highest BCUT2D eigenvalue weighted by molar-refractivity contribution is 8.54. The average Bonchev–Trinajstić information content (AvgIpc) is 2.18. The summed E-state index contributed by atoms with van der Waals surface area (Å²) in [5, 5.41) is 56.0. The van der Waals surface area contributed by atoms with E-state index in [9.17, 15) is 68.2 Å². The van der Waals surface area contributed by atoms with Crippen LogP contribution >= 0.6 is 18.2 Å². The lowest BCUT2D eigenvalue weighted by atomic mass is 9.89. The number of hydrazine groups is 1. The van der Waals surface area contributed by atoms with Crippen molar-refractivity contribution in [3.63, 3.8) is 0 Å². The Labute approximate surface area is 473 Å². The normalized spacial score (nSPS) is 12.8. The number of unbranched alkanes of at least 4 members (excludes halogenated alkanes) is 1. The summed E-state index contributed by atoms with van der Waals surface area (Å²) in [7, 11) is 3.89. The predicted molar refractivity (Wildman–Crippen MR) is 306 cm³/mol. The molecule has 13 N–H and O–H groups in total. The van der Waals surface area contributed by atoms with Gasteiger partial charge in [-0.15, -0.1) is 6.42 Å². The molecule has 0 aromatic heterocycles. The number of aromatic carboxylic acids is 1. The van der Waals surface area contributed by atoms with Crippen LogP contribution in [0.2, 0.25) is 0 Å². The number of aliphatic hydroxyl groups excluding tert-OH is 2. The Hall–Kier alpha value is -8.96. The van der Waals surface area contributed by atoms with Crippen LogP contribution in [0.5, 0.6) is 5.75 Å². The first kappa shape index (κ1) is 62.2. The second-order valence-corrected chi connectivity index (χ2v) is 22.3. The molecule has 4 atom stereocenters. The molecule has 4 aromatic carbocycles. The van der Waals surface area contributed by atoms with Gasteiger partial charge in [0.1, 0.15) is 23.1 Å². The number of rotatable bonds is 29. The number of benzene rings is 5. The molecule has 6 amide bonds. The number of anilines is 3. The van der Waals surface area contributed by atoms with Crippen LogP contribution in [0.15, 0.2) is 112 Å². The number of terminal acetylenes is 1. The Kier molecular flexibility index (Phi) is 22.4. The molecule has 2 aliphatic rings. The zero-order valence-electron chi connectivity index (χ0n) is 44.2. The van der Waals surface area contributed by atoms with Crippen molar-refractivity contribution in [2.24, 2.45) is 0 Å². The molecule has 25 nitrogen and oxygen atoms in total. The molecule has 4 unspecified atom stereocenters. The molecule has 6 rings (SSSR count). The van der Waals surface area contributed by atoms with Crippen LogP contribution in [0.25, 0.3) is 33.4 Å². The third-order valence-corrected chi connectivity index (χ3v) is 15.2. The minimum atomic E-state index is -4.26. The van der Waals surface area contributed by atoms with E-state index in [-0.39, 0.29) is 97.0 Å². The molecule has 1 heterocycles. The summed E-state index contributed by atoms with van der Waals surface area (Å²) in [6.07, 6.45) is 0.861. The molecule has 432 valence electrons. The number of nitrogens with zero attached hydrogens (tertiary/aromatic N) is 1. The van der Waals surface area contributed by atoms with Crippen molar-refractivity contribution in [3.05, 3.63) is 130 Å². The highest BCUT2D eigenvalue weighted by atomic mass is 32.7. The van der Waals surface area contributed by atoms with E-state index < -0.39 is 78.6 Å². The number of hydrogen-bond donors (Lipinski definition) is 13. The zero-order valence-corrected chi connectivity index (χ0v) is 45.9. The third kappa shape index (κ3) is 17.8. The molecule has 1 aliphatic heterocycles. The number of aromatic hydroxyl groups is 1. The number of aliphatic hydroxyl groups is 2. The van der Waals surface area contributed by atoms with Crippen molar-refractivity contribution in [2.45, 2.75) is 43.9 Å². The fourth-order valence-corrected chi connectivity index (χ4v) is 10.2. The van der Waals surface area contributed by atoms with Gasteiger partial charge in [0.05, 0.1) is 36.8 Å². The summed E-state index contributed by atoms with van der Waals surface area (Å²) in [4.78, 5) is 114. The molecule has 0 saturated heterocycles. The van der Waals surface area contributed by atoms with E-state index in [0.717, 1.165) is 11.4 Å². The van der Waals surface area contributed by atoms with Crippen LogP contribution < -0.4 is 53.1 Å². The molecule has 0 saturated carbocycles. The molecular formula is C55H60N9O16PS. The average molecular weight is 1170 g/mol. The Morgan fingerprint density at radius 1 is 0.744 bits per heavy atom. The summed E-state index contributed by atoms with van der Waals surface area (Å²) >= 11 is 0.481. The van der Waals surface area contributed by atoms with Crippen LogP contribution in [0.4, 0.5) is 17.1 Å². The Morgan fingerprint density at radius 3 is 2.07 bits per heavy atom. The van der Waals surface area contributed by atoms with Gasteiger partial charge in [0, 0.05) is 84.8 Å². The quantitative estimate of drug-likeness (QED) is 0.00801. The Morgan fingerprint density at radius 2 is 1.40 bits per heavy atom. The third-order valence-electron chi connectivity index (χ3n) is 12.1. The second kappa shape index (κ2) is 29.5. The van der Waals surface area contributed by atoms with Crippen LogP contribution in [0.1, 0.15) is 56.8 Å². The fourth-order valence-electron chi connectivity index (χ4n) is 7.93. The number of carbonyl (C=O) groups is 7. The number of carboxylic acid groups (broad SMARTS) is 1. The largest absolute Gasteiger partial charge is 0.508 e. The molecule has 0 radical (unpaired) electrons. The molecule has 0 bridgehead atoms. The van der Waals surface area contributed by atoms with Crippen LogP contribution in [0, 0.1) is 12.3 Å². The van der Waals surface area contributed by atoms with Gasteiger partial charge in [0.2, 0.25) is 11.8 Å². The van der Waals surface area contributed by atoms with Gasteiger partial charge < -0.3 is 77.4 Å². The first-order valence-electron chi connectivity index (χ1n) is 25.2. The van der Waals surface area contributed by atoms with Crippen LogP contribution in [0.3, 0.4) is 0 Å². The molecular weight excluding hydrogens is 1110 g/mol. The maximum atomic E-state index is 13.3. The van der Waals surface area contributed by atoms with Crippen molar-refractivity contribution >= 4 is 87.6 Å². The first-order chi connectivity index (χ1) is 39.1. The number of carbonyl (C=O) groups excluding carboxylic acids is 6. The molecule has 27 heteroatoms. The van der Waals surface area contributed by atoms with E-state index in [0.29, 0.717) is 33.6 Å². The Bertz CT molecular complexity index is 3410. The predicted octanol–water partition coefficient (Wildman–Crippen LogP) is 3.19. The van der Waals surface area contributed by atoms with E-state index in [1.54, 1.807) is 24.3 Å². The summed E-state index contributed by atoms with van der Waals surface area (Å²) in [6.45, 7) is -5.54. The maximum absolute atomic E-state index is 13.3. The summed E-state index contributed by atoms with van der Waals surface area (Å²) in [6, 6.07) is 24.9. The van der Waals surface area contributed by atoms with Gasteiger partial charge >= 0.3 is 12.8 Å². The number of nitrogens with one attached hydrogen (secondary N) is 8. The van der Waals surface area contributed by atoms with Crippen molar-refractivity contribution < 1.29 is 72.4 Å². The minimum Gasteiger partial charge on any atom is -0.508 e. The number of phenolic OH excluding ortho intramolecular Hbond substituents is 1. The van der Waals surface area contributed by atoms with Crippen molar-refractivity contribution in [1.29, 1.82) is 0 Å². The lowest BCUT2D eigenvalue weighted by Gasteiger charge is -2.19. The highest BCUT2D eigenvalue weighted by Crippen LogP contribution is 2.55. The van der Waals surface area contributed by atoms with Gasteiger partial charge in [0.25, 0.3) is 23.6 Å². The topological polar surface area (TPSA) is 377 Å². The summed E-state index contributed by atoms with van der Waals surface area (Å²) in [5.74, 6) is -4.25. The summed E-state index contributed by atoms with van der Waals surface area (Å²) in [5.41, 5.74) is 9.14. The lowest BCUT2D eigenvalue weighted by molar-refractivity contribution is -0.146. The van der Waals surface area contributed by atoms with E-state index in [2.05, 4.69) is 48.7 Å².